The van der Waals surface area contributed by atoms with E-state index in [0.717, 1.165) is 49.3 Å². The number of piperidine rings is 1. The van der Waals surface area contributed by atoms with E-state index in [1.165, 1.54) is 5.69 Å². The molecule has 0 unspecified atom stereocenters. The van der Waals surface area contributed by atoms with Gasteiger partial charge in [-0.15, -0.1) is 0 Å². The maximum Gasteiger partial charge on any atom is 0.272 e. The van der Waals surface area contributed by atoms with Gasteiger partial charge in [0.15, 0.2) is 0 Å². The minimum atomic E-state index is -0.0578. The molecule has 1 saturated heterocycles. The Morgan fingerprint density at radius 2 is 2.08 bits per heavy atom. The maximum absolute atomic E-state index is 13.2. The Morgan fingerprint density at radius 3 is 2.76 bits per heavy atom. The van der Waals surface area contributed by atoms with Crippen molar-refractivity contribution in [1.82, 2.24) is 24.6 Å². The summed E-state index contributed by atoms with van der Waals surface area (Å²) in [4.78, 5) is 22.4. The number of aromatic amines is 1. The van der Waals surface area contributed by atoms with Crippen molar-refractivity contribution in [3.63, 3.8) is 0 Å². The quantitative estimate of drug-likeness (QED) is 0.907. The average molecular weight is 343 g/mol. The second-order valence-electron chi connectivity index (χ2n) is 7.20. The van der Waals surface area contributed by atoms with Crippen LogP contribution >= 0.6 is 0 Å². The van der Waals surface area contributed by atoms with Crippen molar-refractivity contribution in [3.8, 4) is 0 Å². The molecule has 134 valence electrons. The number of rotatable bonds is 2. The van der Waals surface area contributed by atoms with Crippen LogP contribution in [0.15, 0.2) is 12.5 Å². The summed E-state index contributed by atoms with van der Waals surface area (Å²) in [5.74, 6) is 0.557. The van der Waals surface area contributed by atoms with Gasteiger partial charge in [0.25, 0.3) is 5.91 Å². The Morgan fingerprint density at radius 1 is 1.32 bits per heavy atom. The van der Waals surface area contributed by atoms with E-state index in [2.05, 4.69) is 22.0 Å². The molecule has 0 aromatic carbocycles. The molecule has 2 atom stereocenters. The van der Waals surface area contributed by atoms with Crippen molar-refractivity contribution in [3.05, 3.63) is 35.2 Å². The van der Waals surface area contributed by atoms with Gasteiger partial charge in [0, 0.05) is 49.9 Å². The van der Waals surface area contributed by atoms with E-state index >= 15 is 0 Å². The second kappa shape index (κ2) is 6.29. The number of ether oxygens (including phenoxy) is 1. The minimum Gasteiger partial charge on any atom is -0.369 e. The first-order valence-corrected chi connectivity index (χ1v) is 9.03. The van der Waals surface area contributed by atoms with Crippen molar-refractivity contribution in [2.45, 2.75) is 51.2 Å². The maximum atomic E-state index is 13.2. The number of carbonyl (C=O) groups excluding carboxylic acids is 1. The smallest absolute Gasteiger partial charge is 0.272 e. The molecule has 7 nitrogen and oxygen atoms in total. The first-order chi connectivity index (χ1) is 12.0. The molecule has 0 radical (unpaired) electrons. The summed E-state index contributed by atoms with van der Waals surface area (Å²) in [7, 11) is 1.86. The van der Waals surface area contributed by atoms with Crippen LogP contribution in [0.3, 0.4) is 0 Å². The third-order valence-corrected chi connectivity index (χ3v) is 5.43. The Kier molecular flexibility index (Phi) is 4.11. The fraction of sp³-hybridized carbons (Fsp3) is 0.611. The zero-order valence-electron chi connectivity index (χ0n) is 15.0. The fourth-order valence-corrected chi connectivity index (χ4v) is 4.17. The molecule has 0 spiro atoms. The van der Waals surface area contributed by atoms with Gasteiger partial charge >= 0.3 is 0 Å². The number of carbonyl (C=O) groups is 1. The predicted molar refractivity (Wildman–Crippen MR) is 92.3 cm³/mol. The predicted octanol–water partition coefficient (Wildman–Crippen LogP) is 2.19. The Labute approximate surface area is 147 Å². The van der Waals surface area contributed by atoms with Crippen molar-refractivity contribution >= 4 is 5.91 Å². The van der Waals surface area contributed by atoms with E-state index < -0.39 is 0 Å². The van der Waals surface area contributed by atoms with Crippen molar-refractivity contribution in [2.75, 3.05) is 13.1 Å². The van der Waals surface area contributed by atoms with Crippen LogP contribution in [0.25, 0.3) is 0 Å². The van der Waals surface area contributed by atoms with E-state index in [9.17, 15) is 4.79 Å². The normalized spacial score (nSPS) is 24.4. The standard InChI is InChI=1S/C18H25N5O2/c1-11-8-14-16(12(2)25-11)21-22(3)17(14)18(24)23-6-4-13(5-7-23)15-9-19-10-20-15/h9-13H,4-8H2,1-3H3,(H,19,20)/t11-,12+/m1/s1. The highest BCUT2D eigenvalue weighted by Crippen LogP contribution is 2.33. The van der Waals surface area contributed by atoms with Crippen LogP contribution in [0, 0.1) is 0 Å². The molecule has 0 bridgehead atoms. The molecule has 2 aromatic heterocycles. The third kappa shape index (κ3) is 2.86. The van der Waals surface area contributed by atoms with Crippen molar-refractivity contribution in [2.24, 2.45) is 7.05 Å². The van der Waals surface area contributed by atoms with E-state index in [1.807, 2.05) is 25.1 Å². The molecular formula is C18H25N5O2. The summed E-state index contributed by atoms with van der Waals surface area (Å²) in [6.45, 7) is 5.59. The minimum absolute atomic E-state index is 0.0578. The zero-order chi connectivity index (χ0) is 17.6. The molecule has 2 aromatic rings. The lowest BCUT2D eigenvalue weighted by atomic mass is 9.93. The monoisotopic (exact) mass is 343 g/mol. The van der Waals surface area contributed by atoms with Crippen LogP contribution in [0.2, 0.25) is 0 Å². The van der Waals surface area contributed by atoms with Crippen LogP contribution in [-0.4, -0.2) is 49.7 Å². The number of nitrogens with one attached hydrogen (secondary N) is 1. The summed E-state index contributed by atoms with van der Waals surface area (Å²) in [5.41, 5.74) is 3.88. The zero-order valence-corrected chi connectivity index (χ0v) is 15.0. The van der Waals surface area contributed by atoms with Crippen LogP contribution in [0.1, 0.15) is 66.2 Å². The van der Waals surface area contributed by atoms with Crippen LogP contribution in [0.5, 0.6) is 0 Å². The third-order valence-electron chi connectivity index (χ3n) is 5.43. The number of nitrogens with zero attached hydrogens (tertiary/aromatic N) is 4. The summed E-state index contributed by atoms with van der Waals surface area (Å²) in [5, 5.41) is 4.57. The Hall–Kier alpha value is -2.15. The highest BCUT2D eigenvalue weighted by molar-refractivity contribution is 5.94. The van der Waals surface area contributed by atoms with Gasteiger partial charge in [-0.25, -0.2) is 4.98 Å². The van der Waals surface area contributed by atoms with Crippen LogP contribution in [-0.2, 0) is 18.2 Å². The largest absolute Gasteiger partial charge is 0.369 e. The molecule has 0 aliphatic carbocycles. The molecule has 4 rings (SSSR count). The molecule has 2 aliphatic heterocycles. The number of fused-ring (bicyclic) bond motifs is 1. The van der Waals surface area contributed by atoms with Gasteiger partial charge in [0.2, 0.25) is 0 Å². The molecule has 2 aliphatic rings. The van der Waals surface area contributed by atoms with Gasteiger partial charge in [-0.1, -0.05) is 0 Å². The second-order valence-corrected chi connectivity index (χ2v) is 7.20. The first kappa shape index (κ1) is 16.3. The van der Waals surface area contributed by atoms with Crippen molar-refractivity contribution in [1.29, 1.82) is 0 Å². The molecule has 1 amide bonds. The Balaban J connectivity index is 1.53. The number of imidazole rings is 1. The Bertz CT molecular complexity index is 759. The number of hydrogen-bond donors (Lipinski definition) is 1. The van der Waals surface area contributed by atoms with Gasteiger partial charge < -0.3 is 14.6 Å². The lowest BCUT2D eigenvalue weighted by Crippen LogP contribution is -2.39. The molecule has 25 heavy (non-hydrogen) atoms. The van der Waals surface area contributed by atoms with Gasteiger partial charge in [0.05, 0.1) is 24.2 Å². The van der Waals surface area contributed by atoms with Crippen LogP contribution in [0.4, 0.5) is 0 Å². The molecule has 1 N–H and O–H groups in total. The van der Waals surface area contributed by atoms with E-state index in [-0.39, 0.29) is 18.1 Å². The van der Waals surface area contributed by atoms with E-state index in [1.54, 1.807) is 11.0 Å². The van der Waals surface area contributed by atoms with Gasteiger partial charge in [-0.3, -0.25) is 9.48 Å². The number of H-pyrrole nitrogens is 1. The number of aromatic nitrogens is 4. The van der Waals surface area contributed by atoms with Gasteiger partial charge in [0.1, 0.15) is 5.69 Å². The summed E-state index contributed by atoms with van der Waals surface area (Å²) in [6.07, 6.45) is 6.34. The number of amides is 1. The fourth-order valence-electron chi connectivity index (χ4n) is 4.17. The molecule has 4 heterocycles. The molecule has 1 fully saturated rings. The van der Waals surface area contributed by atoms with Crippen molar-refractivity contribution < 1.29 is 9.53 Å². The molecule has 0 saturated carbocycles. The number of hydrogen-bond acceptors (Lipinski definition) is 4. The lowest BCUT2D eigenvalue weighted by Gasteiger charge is -2.32. The first-order valence-electron chi connectivity index (χ1n) is 9.03. The van der Waals surface area contributed by atoms with Gasteiger partial charge in [-0.05, 0) is 26.7 Å². The molecule has 7 heteroatoms. The highest BCUT2D eigenvalue weighted by atomic mass is 16.5. The summed E-state index contributed by atoms with van der Waals surface area (Å²) < 4.78 is 7.59. The highest BCUT2D eigenvalue weighted by Gasteiger charge is 2.34. The number of likely N-dealkylation sites (tertiary alicyclic amines) is 1. The topological polar surface area (TPSA) is 76.0 Å². The van der Waals surface area contributed by atoms with Crippen LogP contribution < -0.4 is 0 Å². The summed E-state index contributed by atoms with van der Waals surface area (Å²) in [6, 6.07) is 0. The average Bonchev–Trinajstić information content (AvgIpc) is 3.22. The van der Waals surface area contributed by atoms with Gasteiger partial charge in [-0.2, -0.15) is 5.10 Å². The van der Waals surface area contributed by atoms with E-state index in [4.69, 9.17) is 4.74 Å². The SMILES string of the molecule is C[C@@H]1Cc2c(nn(C)c2C(=O)N2CCC(c3cnc[nH]3)CC2)[C@H](C)O1. The van der Waals surface area contributed by atoms with E-state index in [0.29, 0.717) is 5.92 Å². The summed E-state index contributed by atoms with van der Waals surface area (Å²) >= 11 is 0. The molecular weight excluding hydrogens is 318 g/mol. The lowest BCUT2D eigenvalue weighted by molar-refractivity contribution is -0.00714. The number of aryl methyl sites for hydroxylation is 1.